The van der Waals surface area contributed by atoms with E-state index < -0.39 is 17.7 Å². The predicted octanol–water partition coefficient (Wildman–Crippen LogP) is 3.58. The minimum atomic E-state index is -0.555. The molecule has 0 spiro atoms. The zero-order valence-electron chi connectivity index (χ0n) is 18.0. The van der Waals surface area contributed by atoms with E-state index in [1.165, 1.54) is 0 Å². The van der Waals surface area contributed by atoms with Crippen LogP contribution >= 0.6 is 0 Å². The molecule has 2 aliphatic rings. The topological polar surface area (TPSA) is 66.4 Å². The number of hydrogen-bond donors (Lipinski definition) is 1. The summed E-state index contributed by atoms with van der Waals surface area (Å²) in [5.74, 6) is -1.03. The fourth-order valence-electron chi connectivity index (χ4n) is 3.00. The second-order valence-corrected chi connectivity index (χ2v) is 8.40. The summed E-state index contributed by atoms with van der Waals surface area (Å²) < 4.78 is 27.4. The molecule has 0 aromatic carbocycles. The standard InChI is InChI=1S/C11H20O3.C10H18O3/c1-8(2)6-9(12-5)10-7-13-11(3,4)14-10;1-7(2)5-8(11)9-6-12-10(3,4)13-9/h9-10H,1,6-7H2,2-5H3;8-9,11H,1,5-6H2,2-4H3/t9-,10+;8-,9+/m00/s1. The van der Waals surface area contributed by atoms with Gasteiger partial charge in [-0.2, -0.15) is 0 Å². The highest BCUT2D eigenvalue weighted by Gasteiger charge is 2.37. The Bertz CT molecular complexity index is 499. The number of methoxy groups -OCH3 is 1. The molecule has 158 valence electrons. The summed E-state index contributed by atoms with van der Waals surface area (Å²) in [7, 11) is 1.70. The molecule has 0 unspecified atom stereocenters. The third-order valence-electron chi connectivity index (χ3n) is 4.31. The first-order valence-electron chi connectivity index (χ1n) is 9.48. The van der Waals surface area contributed by atoms with Gasteiger partial charge in [-0.15, -0.1) is 13.2 Å². The lowest BCUT2D eigenvalue weighted by atomic mass is 10.1. The zero-order valence-corrected chi connectivity index (χ0v) is 18.0. The number of ether oxygens (including phenoxy) is 5. The average Bonchev–Trinajstić information content (AvgIpc) is 3.06. The van der Waals surface area contributed by atoms with Crippen LogP contribution in [-0.2, 0) is 23.7 Å². The van der Waals surface area contributed by atoms with Crippen molar-refractivity contribution in [1.29, 1.82) is 0 Å². The molecule has 1 N–H and O–H groups in total. The highest BCUT2D eigenvalue weighted by atomic mass is 16.8. The van der Waals surface area contributed by atoms with Crippen molar-refractivity contribution in [3.05, 3.63) is 24.3 Å². The van der Waals surface area contributed by atoms with Crippen LogP contribution in [0.15, 0.2) is 24.3 Å². The van der Waals surface area contributed by atoms with E-state index in [0.29, 0.717) is 19.6 Å². The molecular formula is C21H38O6. The molecule has 6 heteroatoms. The molecule has 2 rings (SSSR count). The van der Waals surface area contributed by atoms with Crippen LogP contribution in [0.25, 0.3) is 0 Å². The van der Waals surface area contributed by atoms with Gasteiger partial charge in [-0.3, -0.25) is 0 Å². The average molecular weight is 387 g/mol. The van der Waals surface area contributed by atoms with Gasteiger partial charge in [-0.05, 0) is 54.4 Å². The number of rotatable bonds is 7. The van der Waals surface area contributed by atoms with Crippen LogP contribution < -0.4 is 0 Å². The van der Waals surface area contributed by atoms with Crippen molar-refractivity contribution in [1.82, 2.24) is 0 Å². The summed E-state index contributed by atoms with van der Waals surface area (Å²) in [6.45, 7) is 20.1. The number of aliphatic hydroxyl groups is 1. The third-order valence-corrected chi connectivity index (χ3v) is 4.31. The fourth-order valence-corrected chi connectivity index (χ4v) is 3.00. The second kappa shape index (κ2) is 10.1. The molecular weight excluding hydrogens is 348 g/mol. The quantitative estimate of drug-likeness (QED) is 0.675. The van der Waals surface area contributed by atoms with E-state index in [0.717, 1.165) is 17.6 Å². The number of aliphatic hydroxyl groups excluding tert-OH is 1. The Morgan fingerprint density at radius 2 is 1.41 bits per heavy atom. The Hall–Kier alpha value is -0.760. The Morgan fingerprint density at radius 3 is 1.74 bits per heavy atom. The van der Waals surface area contributed by atoms with Gasteiger partial charge >= 0.3 is 0 Å². The van der Waals surface area contributed by atoms with E-state index in [9.17, 15) is 5.11 Å². The smallest absolute Gasteiger partial charge is 0.163 e. The van der Waals surface area contributed by atoms with E-state index in [-0.39, 0.29) is 18.3 Å². The van der Waals surface area contributed by atoms with Crippen molar-refractivity contribution in [3.8, 4) is 0 Å². The van der Waals surface area contributed by atoms with Crippen LogP contribution in [-0.4, -0.2) is 61.4 Å². The van der Waals surface area contributed by atoms with Crippen LogP contribution in [0.4, 0.5) is 0 Å². The maximum Gasteiger partial charge on any atom is 0.163 e. The van der Waals surface area contributed by atoms with E-state index in [4.69, 9.17) is 23.7 Å². The van der Waals surface area contributed by atoms with Crippen LogP contribution in [0.5, 0.6) is 0 Å². The molecule has 6 nitrogen and oxygen atoms in total. The zero-order chi connectivity index (χ0) is 20.8. The highest BCUT2D eigenvalue weighted by molar-refractivity contribution is 4.95. The van der Waals surface area contributed by atoms with E-state index >= 15 is 0 Å². The summed E-state index contributed by atoms with van der Waals surface area (Å²) in [4.78, 5) is 0. The molecule has 0 aromatic heterocycles. The summed E-state index contributed by atoms with van der Waals surface area (Å²) in [5.41, 5.74) is 2.06. The van der Waals surface area contributed by atoms with Crippen molar-refractivity contribution in [2.45, 2.75) is 90.4 Å². The van der Waals surface area contributed by atoms with Gasteiger partial charge in [-0.25, -0.2) is 0 Å². The highest BCUT2D eigenvalue weighted by Crippen LogP contribution is 2.27. The third kappa shape index (κ3) is 8.85. The monoisotopic (exact) mass is 386 g/mol. The molecule has 2 fully saturated rings. The maximum absolute atomic E-state index is 9.69. The van der Waals surface area contributed by atoms with Gasteiger partial charge in [0.05, 0.1) is 25.4 Å². The maximum atomic E-state index is 9.69. The molecule has 0 bridgehead atoms. The first-order chi connectivity index (χ1) is 12.3. The van der Waals surface area contributed by atoms with Crippen molar-refractivity contribution in [2.75, 3.05) is 20.3 Å². The molecule has 2 heterocycles. The Kier molecular flexibility index (Phi) is 9.12. The molecule has 4 atom stereocenters. The lowest BCUT2D eigenvalue weighted by Crippen LogP contribution is -2.32. The van der Waals surface area contributed by atoms with Crippen LogP contribution in [0.3, 0.4) is 0 Å². The lowest BCUT2D eigenvalue weighted by molar-refractivity contribution is -0.153. The normalized spacial score (nSPS) is 28.1. The van der Waals surface area contributed by atoms with Crippen molar-refractivity contribution < 1.29 is 28.8 Å². The van der Waals surface area contributed by atoms with E-state index in [1.807, 2.05) is 41.5 Å². The molecule has 0 aliphatic carbocycles. The molecule has 0 saturated carbocycles. The first-order valence-corrected chi connectivity index (χ1v) is 9.48. The summed E-state index contributed by atoms with van der Waals surface area (Å²) in [5, 5.41) is 9.69. The Morgan fingerprint density at radius 1 is 0.963 bits per heavy atom. The first kappa shape index (κ1) is 24.3. The second-order valence-electron chi connectivity index (χ2n) is 8.40. The predicted molar refractivity (Wildman–Crippen MR) is 105 cm³/mol. The summed E-state index contributed by atoms with van der Waals surface area (Å²) in [6.07, 6.45) is 0.747. The van der Waals surface area contributed by atoms with Crippen LogP contribution in [0.2, 0.25) is 0 Å². The molecule has 0 amide bonds. The Balaban J connectivity index is 0.000000271. The fraction of sp³-hybridized carbons (Fsp3) is 0.810. The molecule has 2 aliphatic heterocycles. The van der Waals surface area contributed by atoms with Crippen LogP contribution in [0, 0.1) is 0 Å². The number of hydrogen-bond acceptors (Lipinski definition) is 6. The van der Waals surface area contributed by atoms with Crippen molar-refractivity contribution >= 4 is 0 Å². The molecule has 0 aromatic rings. The van der Waals surface area contributed by atoms with Crippen molar-refractivity contribution in [3.63, 3.8) is 0 Å². The lowest BCUT2D eigenvalue weighted by Gasteiger charge is -2.23. The van der Waals surface area contributed by atoms with Gasteiger partial charge in [-0.1, -0.05) is 11.1 Å². The van der Waals surface area contributed by atoms with Crippen molar-refractivity contribution in [2.24, 2.45) is 0 Å². The summed E-state index contributed by atoms with van der Waals surface area (Å²) in [6, 6.07) is 0. The molecule has 2 saturated heterocycles. The van der Waals surface area contributed by atoms with Gasteiger partial charge in [0.1, 0.15) is 12.2 Å². The van der Waals surface area contributed by atoms with E-state index in [1.54, 1.807) is 7.11 Å². The minimum absolute atomic E-state index is 0.0201. The van der Waals surface area contributed by atoms with Gasteiger partial charge in [0.15, 0.2) is 11.6 Å². The molecule has 0 radical (unpaired) electrons. The van der Waals surface area contributed by atoms with Gasteiger partial charge in [0, 0.05) is 7.11 Å². The largest absolute Gasteiger partial charge is 0.390 e. The Labute approximate surface area is 164 Å². The van der Waals surface area contributed by atoms with Gasteiger partial charge in [0.25, 0.3) is 0 Å². The van der Waals surface area contributed by atoms with E-state index in [2.05, 4.69) is 13.2 Å². The van der Waals surface area contributed by atoms with Gasteiger partial charge in [0.2, 0.25) is 0 Å². The van der Waals surface area contributed by atoms with Crippen LogP contribution in [0.1, 0.15) is 54.4 Å². The summed E-state index contributed by atoms with van der Waals surface area (Å²) >= 11 is 0. The SMILES string of the molecule is C=C(C)C[C@H](O)[C@H]1COC(C)(C)O1.C=C(C)C[C@H](OC)[C@H]1COC(C)(C)O1. The molecule has 27 heavy (non-hydrogen) atoms. The minimum Gasteiger partial charge on any atom is -0.390 e. The van der Waals surface area contributed by atoms with Gasteiger partial charge < -0.3 is 28.8 Å².